The Morgan fingerprint density at radius 1 is 1.60 bits per heavy atom. The highest BCUT2D eigenvalue weighted by Crippen LogP contribution is 2.32. The second-order valence-corrected chi connectivity index (χ2v) is 5.14. The predicted octanol–water partition coefficient (Wildman–Crippen LogP) is 2.63. The number of fused-ring (bicyclic) bond motifs is 1. The van der Waals surface area contributed by atoms with E-state index < -0.39 is 0 Å². The fourth-order valence-electron chi connectivity index (χ4n) is 2.46. The van der Waals surface area contributed by atoms with Crippen molar-refractivity contribution in [3.8, 4) is 0 Å². The number of benzene rings is 1. The number of rotatable bonds is 4. The minimum atomic E-state index is -0.297. The molecule has 1 aliphatic rings. The van der Waals surface area contributed by atoms with Crippen molar-refractivity contribution in [2.75, 3.05) is 20.2 Å². The summed E-state index contributed by atoms with van der Waals surface area (Å²) in [5.41, 5.74) is 1.41. The van der Waals surface area contributed by atoms with Gasteiger partial charge < -0.3 is 9.64 Å². The minimum Gasteiger partial charge on any atom is -0.469 e. The molecular weight excluding hydrogens is 278 g/mol. The number of hydrogen-bond donors (Lipinski definition) is 0. The molecule has 0 N–H and O–H groups in total. The van der Waals surface area contributed by atoms with Crippen LogP contribution in [-0.2, 0) is 9.53 Å². The summed E-state index contributed by atoms with van der Waals surface area (Å²) in [7, 11) is 1.36. The molecule has 1 heterocycles. The molecule has 1 atom stereocenters. The van der Waals surface area contributed by atoms with Crippen LogP contribution >= 0.6 is 11.6 Å². The first-order chi connectivity index (χ1) is 9.56. The highest BCUT2D eigenvalue weighted by Gasteiger charge is 2.32. The lowest BCUT2D eigenvalue weighted by Crippen LogP contribution is -2.40. The van der Waals surface area contributed by atoms with Gasteiger partial charge in [0.05, 0.1) is 13.5 Å². The largest absolute Gasteiger partial charge is 0.469 e. The number of esters is 1. The van der Waals surface area contributed by atoms with Crippen molar-refractivity contribution in [2.24, 2.45) is 0 Å². The molecule has 1 aromatic rings. The molecule has 2 rings (SSSR count). The lowest BCUT2D eigenvalue weighted by atomic mass is 9.87. The van der Waals surface area contributed by atoms with Crippen LogP contribution in [-0.4, -0.2) is 37.0 Å². The molecule has 1 unspecified atom stereocenters. The van der Waals surface area contributed by atoms with Crippen molar-refractivity contribution in [3.63, 3.8) is 0 Å². The third kappa shape index (κ3) is 2.85. The number of ether oxygens (including phenoxy) is 1. The number of halogens is 1. The summed E-state index contributed by atoms with van der Waals surface area (Å²) >= 11 is 6.00. The standard InChI is InChI=1S/C15H16ClNO3/c1-3-6-17-9-10(7-14(18)20-2)13-8-11(16)4-5-12(13)15(17)19/h3-5,8,10H,1,6-7,9H2,2H3. The monoisotopic (exact) mass is 293 g/mol. The van der Waals surface area contributed by atoms with Gasteiger partial charge in [-0.05, 0) is 23.8 Å². The molecule has 106 valence electrons. The van der Waals surface area contributed by atoms with E-state index in [2.05, 4.69) is 6.58 Å². The van der Waals surface area contributed by atoms with Gasteiger partial charge in [-0.3, -0.25) is 9.59 Å². The van der Waals surface area contributed by atoms with E-state index in [1.165, 1.54) is 7.11 Å². The number of carbonyl (C=O) groups excluding carboxylic acids is 2. The Morgan fingerprint density at radius 2 is 2.35 bits per heavy atom. The molecule has 4 nitrogen and oxygen atoms in total. The van der Waals surface area contributed by atoms with E-state index in [4.69, 9.17) is 16.3 Å². The first-order valence-electron chi connectivity index (χ1n) is 6.33. The Kier molecular flexibility index (Phi) is 4.45. The quantitative estimate of drug-likeness (QED) is 0.633. The summed E-state index contributed by atoms with van der Waals surface area (Å²) in [6.07, 6.45) is 1.90. The van der Waals surface area contributed by atoms with Crippen molar-refractivity contribution in [2.45, 2.75) is 12.3 Å². The molecular formula is C15H16ClNO3. The topological polar surface area (TPSA) is 46.6 Å². The van der Waals surface area contributed by atoms with Gasteiger partial charge in [-0.15, -0.1) is 6.58 Å². The van der Waals surface area contributed by atoms with Gasteiger partial charge in [0.25, 0.3) is 5.91 Å². The van der Waals surface area contributed by atoms with Crippen molar-refractivity contribution < 1.29 is 14.3 Å². The maximum absolute atomic E-state index is 12.3. The van der Waals surface area contributed by atoms with Crippen LogP contribution in [0.3, 0.4) is 0 Å². The fourth-order valence-corrected chi connectivity index (χ4v) is 2.64. The third-order valence-electron chi connectivity index (χ3n) is 3.40. The third-order valence-corrected chi connectivity index (χ3v) is 3.64. The van der Waals surface area contributed by atoms with Crippen LogP contribution in [0.2, 0.25) is 5.02 Å². The van der Waals surface area contributed by atoms with Gasteiger partial charge in [-0.25, -0.2) is 0 Å². The molecule has 0 aromatic heterocycles. The van der Waals surface area contributed by atoms with Gasteiger partial charge in [-0.2, -0.15) is 0 Å². The molecule has 0 bridgehead atoms. The molecule has 0 fully saturated rings. The Hall–Kier alpha value is -1.81. The van der Waals surface area contributed by atoms with E-state index in [1.54, 1.807) is 29.2 Å². The van der Waals surface area contributed by atoms with Crippen LogP contribution in [0.1, 0.15) is 28.3 Å². The van der Waals surface area contributed by atoms with Crippen LogP contribution < -0.4 is 0 Å². The van der Waals surface area contributed by atoms with Crippen LogP contribution in [0.15, 0.2) is 30.9 Å². The summed E-state index contributed by atoms with van der Waals surface area (Å²) in [6.45, 7) is 4.58. The van der Waals surface area contributed by atoms with Gasteiger partial charge in [-0.1, -0.05) is 17.7 Å². The zero-order valence-corrected chi connectivity index (χ0v) is 12.0. The van der Waals surface area contributed by atoms with Crippen molar-refractivity contribution >= 4 is 23.5 Å². The second-order valence-electron chi connectivity index (χ2n) is 4.71. The average molecular weight is 294 g/mol. The van der Waals surface area contributed by atoms with E-state index in [-0.39, 0.29) is 24.2 Å². The summed E-state index contributed by atoms with van der Waals surface area (Å²) in [4.78, 5) is 25.6. The molecule has 1 aliphatic heterocycles. The maximum atomic E-state index is 12.3. The van der Waals surface area contributed by atoms with E-state index >= 15 is 0 Å². The normalized spacial score (nSPS) is 17.6. The highest BCUT2D eigenvalue weighted by atomic mass is 35.5. The van der Waals surface area contributed by atoms with Crippen LogP contribution in [0.4, 0.5) is 0 Å². The number of nitrogens with zero attached hydrogens (tertiary/aromatic N) is 1. The lowest BCUT2D eigenvalue weighted by Gasteiger charge is -2.33. The predicted molar refractivity (Wildman–Crippen MR) is 76.9 cm³/mol. The zero-order valence-electron chi connectivity index (χ0n) is 11.3. The molecule has 0 saturated heterocycles. The maximum Gasteiger partial charge on any atom is 0.306 e. The van der Waals surface area contributed by atoms with Gasteiger partial charge >= 0.3 is 5.97 Å². The van der Waals surface area contributed by atoms with Gasteiger partial charge in [0, 0.05) is 29.6 Å². The van der Waals surface area contributed by atoms with E-state index in [9.17, 15) is 9.59 Å². The molecule has 5 heteroatoms. The minimum absolute atomic E-state index is 0.0577. The summed E-state index contributed by atoms with van der Waals surface area (Å²) in [5, 5.41) is 0.559. The first kappa shape index (κ1) is 14.6. The molecule has 1 amide bonds. The van der Waals surface area contributed by atoms with Crippen molar-refractivity contribution in [1.29, 1.82) is 0 Å². The number of methoxy groups -OCH3 is 1. The Morgan fingerprint density at radius 3 is 3.00 bits per heavy atom. The molecule has 0 aliphatic carbocycles. The lowest BCUT2D eigenvalue weighted by molar-refractivity contribution is -0.141. The van der Waals surface area contributed by atoms with Crippen LogP contribution in [0.25, 0.3) is 0 Å². The zero-order chi connectivity index (χ0) is 14.7. The molecule has 0 radical (unpaired) electrons. The summed E-state index contributed by atoms with van der Waals surface area (Å²) in [6, 6.07) is 5.15. The van der Waals surface area contributed by atoms with E-state index in [0.717, 1.165) is 5.56 Å². The number of amides is 1. The van der Waals surface area contributed by atoms with Crippen LogP contribution in [0.5, 0.6) is 0 Å². The van der Waals surface area contributed by atoms with Gasteiger partial charge in [0.2, 0.25) is 0 Å². The highest BCUT2D eigenvalue weighted by molar-refractivity contribution is 6.30. The van der Waals surface area contributed by atoms with Crippen molar-refractivity contribution in [3.05, 3.63) is 47.0 Å². The number of carbonyl (C=O) groups is 2. The average Bonchev–Trinajstić information content (AvgIpc) is 2.43. The van der Waals surface area contributed by atoms with Gasteiger partial charge in [0.15, 0.2) is 0 Å². The molecule has 0 spiro atoms. The summed E-state index contributed by atoms with van der Waals surface area (Å²) < 4.78 is 4.72. The number of hydrogen-bond acceptors (Lipinski definition) is 3. The SMILES string of the molecule is C=CCN1CC(CC(=O)OC)c2cc(Cl)ccc2C1=O. The first-order valence-corrected chi connectivity index (χ1v) is 6.71. The Balaban J connectivity index is 2.39. The Labute approximate surface area is 123 Å². The van der Waals surface area contributed by atoms with E-state index in [1.807, 2.05) is 0 Å². The smallest absolute Gasteiger partial charge is 0.306 e. The molecule has 1 aromatic carbocycles. The summed E-state index contributed by atoms with van der Waals surface area (Å²) in [5.74, 6) is -0.458. The van der Waals surface area contributed by atoms with E-state index in [0.29, 0.717) is 23.7 Å². The Bertz CT molecular complexity index is 556. The molecule has 0 saturated carbocycles. The second kappa shape index (κ2) is 6.09. The van der Waals surface area contributed by atoms with Crippen molar-refractivity contribution in [1.82, 2.24) is 4.90 Å². The fraction of sp³-hybridized carbons (Fsp3) is 0.333. The van der Waals surface area contributed by atoms with Crippen LogP contribution in [0, 0.1) is 0 Å². The molecule has 20 heavy (non-hydrogen) atoms. The van der Waals surface area contributed by atoms with Gasteiger partial charge in [0.1, 0.15) is 0 Å².